The quantitative estimate of drug-likeness (QED) is 0.479. The van der Waals surface area contributed by atoms with Gasteiger partial charge in [-0.3, -0.25) is 5.41 Å². The van der Waals surface area contributed by atoms with Crippen LogP contribution in [0.2, 0.25) is 0 Å². The van der Waals surface area contributed by atoms with Crippen molar-refractivity contribution in [1.29, 1.82) is 5.41 Å². The van der Waals surface area contributed by atoms with Gasteiger partial charge in [0.2, 0.25) is 10.0 Å². The Morgan fingerprint density at radius 1 is 1.31 bits per heavy atom. The molecular weight excluding hydrogens is 226 g/mol. The summed E-state index contributed by atoms with van der Waals surface area (Å²) in [4.78, 5) is 0. The molecule has 1 fully saturated rings. The molecule has 0 amide bonds. The second-order valence-corrected chi connectivity index (χ2v) is 6.31. The molecule has 0 radical (unpaired) electrons. The summed E-state index contributed by atoms with van der Waals surface area (Å²) < 4.78 is 25.8. The van der Waals surface area contributed by atoms with Gasteiger partial charge in [-0.05, 0) is 18.8 Å². The molecule has 0 bridgehead atoms. The Labute approximate surface area is 97.4 Å². The molecule has 94 valence electrons. The van der Waals surface area contributed by atoms with Crippen LogP contribution in [0, 0.1) is 11.3 Å². The molecule has 0 heterocycles. The minimum absolute atomic E-state index is 0.0142. The van der Waals surface area contributed by atoms with Gasteiger partial charge in [-0.15, -0.1) is 0 Å². The molecule has 0 aliphatic heterocycles. The fraction of sp³-hybridized carbons (Fsp3) is 0.900. The van der Waals surface area contributed by atoms with Gasteiger partial charge in [-0.2, -0.15) is 0 Å². The Hall–Kier alpha value is -0.620. The highest BCUT2D eigenvalue weighted by atomic mass is 32.2. The largest absolute Gasteiger partial charge is 0.388 e. The van der Waals surface area contributed by atoms with Gasteiger partial charge in [0, 0.05) is 13.0 Å². The molecule has 0 aromatic carbocycles. The summed E-state index contributed by atoms with van der Waals surface area (Å²) in [6.45, 7) is 0.240. The summed E-state index contributed by atoms with van der Waals surface area (Å²) in [6.07, 6.45) is 5.85. The van der Waals surface area contributed by atoms with Crippen molar-refractivity contribution in [1.82, 2.24) is 4.72 Å². The monoisotopic (exact) mass is 247 g/mol. The normalized spacial score (nSPS) is 18.5. The molecule has 0 spiro atoms. The van der Waals surface area contributed by atoms with E-state index in [0.29, 0.717) is 5.92 Å². The van der Waals surface area contributed by atoms with Crippen LogP contribution in [0.4, 0.5) is 0 Å². The van der Waals surface area contributed by atoms with E-state index < -0.39 is 10.0 Å². The molecule has 0 saturated heterocycles. The smallest absolute Gasteiger partial charge is 0.211 e. The molecule has 0 unspecified atom stereocenters. The molecule has 4 N–H and O–H groups in total. The minimum Gasteiger partial charge on any atom is -0.388 e. The maximum absolute atomic E-state index is 11.7. The van der Waals surface area contributed by atoms with Gasteiger partial charge >= 0.3 is 0 Å². The number of sulfonamides is 1. The third kappa shape index (κ3) is 5.46. The number of rotatable bonds is 6. The van der Waals surface area contributed by atoms with Crippen LogP contribution in [0.25, 0.3) is 0 Å². The Balaban J connectivity index is 2.29. The third-order valence-electron chi connectivity index (χ3n) is 2.90. The van der Waals surface area contributed by atoms with Gasteiger partial charge in [-0.25, -0.2) is 13.1 Å². The van der Waals surface area contributed by atoms with Gasteiger partial charge < -0.3 is 5.73 Å². The maximum Gasteiger partial charge on any atom is 0.211 e. The topological polar surface area (TPSA) is 96.0 Å². The zero-order valence-electron chi connectivity index (χ0n) is 9.54. The van der Waals surface area contributed by atoms with E-state index in [0.717, 1.165) is 25.7 Å². The third-order valence-corrected chi connectivity index (χ3v) is 4.45. The van der Waals surface area contributed by atoms with Crippen LogP contribution in [0.5, 0.6) is 0 Å². The van der Waals surface area contributed by atoms with E-state index in [1.165, 1.54) is 6.42 Å². The Bertz CT molecular complexity index is 321. The average molecular weight is 247 g/mol. The van der Waals surface area contributed by atoms with Crippen molar-refractivity contribution in [2.45, 2.75) is 38.5 Å². The lowest BCUT2D eigenvalue weighted by Crippen LogP contribution is -2.32. The van der Waals surface area contributed by atoms with Crippen LogP contribution in [0.15, 0.2) is 0 Å². The number of nitrogens with two attached hydrogens (primary N) is 1. The summed E-state index contributed by atoms with van der Waals surface area (Å²) in [5, 5.41) is 7.00. The highest BCUT2D eigenvalue weighted by Gasteiger charge is 2.20. The van der Waals surface area contributed by atoms with E-state index in [1.54, 1.807) is 0 Å². The van der Waals surface area contributed by atoms with E-state index in [9.17, 15) is 8.42 Å². The lowest BCUT2D eigenvalue weighted by Gasteiger charge is -2.21. The molecule has 0 atom stereocenters. The van der Waals surface area contributed by atoms with Crippen molar-refractivity contribution in [2.75, 3.05) is 12.3 Å². The van der Waals surface area contributed by atoms with E-state index in [1.807, 2.05) is 0 Å². The van der Waals surface area contributed by atoms with Gasteiger partial charge in [-0.1, -0.05) is 19.3 Å². The molecule has 6 heteroatoms. The van der Waals surface area contributed by atoms with Gasteiger partial charge in [0.15, 0.2) is 0 Å². The van der Waals surface area contributed by atoms with E-state index in [2.05, 4.69) is 4.72 Å². The van der Waals surface area contributed by atoms with E-state index >= 15 is 0 Å². The van der Waals surface area contributed by atoms with Crippen molar-refractivity contribution >= 4 is 15.9 Å². The van der Waals surface area contributed by atoms with Crippen molar-refractivity contribution in [2.24, 2.45) is 11.7 Å². The molecule has 1 aliphatic carbocycles. The van der Waals surface area contributed by atoms with Gasteiger partial charge in [0.05, 0.1) is 11.6 Å². The molecular formula is C10H21N3O2S. The summed E-state index contributed by atoms with van der Waals surface area (Å²) >= 11 is 0. The van der Waals surface area contributed by atoms with Gasteiger partial charge in [0.1, 0.15) is 0 Å². The predicted octanol–water partition coefficient (Wildman–Crippen LogP) is 0.812. The zero-order valence-corrected chi connectivity index (χ0v) is 10.4. The van der Waals surface area contributed by atoms with Crippen LogP contribution in [-0.4, -0.2) is 26.6 Å². The molecule has 0 aromatic heterocycles. The number of hydrogen-bond acceptors (Lipinski definition) is 3. The molecule has 0 aromatic rings. The van der Waals surface area contributed by atoms with Crippen molar-refractivity contribution in [3.05, 3.63) is 0 Å². The summed E-state index contributed by atoms with van der Waals surface area (Å²) in [7, 11) is -3.18. The zero-order chi connectivity index (χ0) is 12.0. The highest BCUT2D eigenvalue weighted by molar-refractivity contribution is 7.89. The molecule has 1 rings (SSSR count). The fourth-order valence-electron chi connectivity index (χ4n) is 2.06. The molecule has 16 heavy (non-hydrogen) atoms. The molecule has 5 nitrogen and oxygen atoms in total. The summed E-state index contributed by atoms with van der Waals surface area (Å²) in [5.41, 5.74) is 5.15. The van der Waals surface area contributed by atoms with Crippen LogP contribution in [0.1, 0.15) is 38.5 Å². The standard InChI is InChI=1S/C10H21N3O2S/c11-10(12)6-7-13-16(14,15)8-9-4-2-1-3-5-9/h9,13H,1-8H2,(H3,11,12). The first-order chi connectivity index (χ1) is 7.49. The lowest BCUT2D eigenvalue weighted by atomic mass is 9.91. The van der Waals surface area contributed by atoms with Crippen LogP contribution in [-0.2, 0) is 10.0 Å². The Morgan fingerprint density at radius 2 is 1.94 bits per heavy atom. The van der Waals surface area contributed by atoms with Crippen LogP contribution in [0.3, 0.4) is 0 Å². The van der Waals surface area contributed by atoms with Crippen LogP contribution >= 0.6 is 0 Å². The first-order valence-corrected chi connectivity index (χ1v) is 7.45. The highest BCUT2D eigenvalue weighted by Crippen LogP contribution is 2.24. The average Bonchev–Trinajstić information content (AvgIpc) is 2.17. The summed E-state index contributed by atoms with van der Waals surface area (Å²) in [5.74, 6) is 0.550. The van der Waals surface area contributed by atoms with Crippen molar-refractivity contribution in [3.8, 4) is 0 Å². The van der Waals surface area contributed by atoms with Crippen LogP contribution < -0.4 is 10.5 Å². The lowest BCUT2D eigenvalue weighted by molar-refractivity contribution is 0.384. The minimum atomic E-state index is -3.18. The number of nitrogens with one attached hydrogen (secondary N) is 2. The van der Waals surface area contributed by atoms with Crippen molar-refractivity contribution < 1.29 is 8.42 Å². The molecule has 1 aliphatic rings. The number of hydrogen-bond donors (Lipinski definition) is 3. The second kappa shape index (κ2) is 6.20. The van der Waals surface area contributed by atoms with Gasteiger partial charge in [0.25, 0.3) is 0 Å². The first-order valence-electron chi connectivity index (χ1n) is 5.80. The first kappa shape index (κ1) is 13.4. The number of amidine groups is 1. The second-order valence-electron chi connectivity index (χ2n) is 4.46. The maximum atomic E-state index is 11.7. The Kier molecular flexibility index (Phi) is 5.21. The summed E-state index contributed by atoms with van der Waals surface area (Å²) in [6, 6.07) is 0. The molecule has 1 saturated carbocycles. The SMILES string of the molecule is N=C(N)CCNS(=O)(=O)CC1CCCCC1. The van der Waals surface area contributed by atoms with E-state index in [-0.39, 0.29) is 24.6 Å². The van der Waals surface area contributed by atoms with Crippen molar-refractivity contribution in [3.63, 3.8) is 0 Å². The Morgan fingerprint density at radius 3 is 2.50 bits per heavy atom. The predicted molar refractivity (Wildman–Crippen MR) is 64.9 cm³/mol. The van der Waals surface area contributed by atoms with E-state index in [4.69, 9.17) is 11.1 Å². The fourth-order valence-corrected chi connectivity index (χ4v) is 3.55.